The van der Waals surface area contributed by atoms with Gasteiger partial charge in [0.25, 0.3) is 5.91 Å². The van der Waals surface area contributed by atoms with Crippen LogP contribution in [0.5, 0.6) is 5.75 Å². The largest absolute Gasteiger partial charge is 0.489 e. The molecule has 0 bridgehead atoms. The van der Waals surface area contributed by atoms with Crippen molar-refractivity contribution >= 4 is 11.6 Å². The van der Waals surface area contributed by atoms with Gasteiger partial charge in [-0.25, -0.2) is 0 Å². The zero-order valence-electron chi connectivity index (χ0n) is 12.3. The molecule has 0 aromatic heterocycles. The van der Waals surface area contributed by atoms with Crippen molar-refractivity contribution in [3.05, 3.63) is 23.8 Å². The van der Waals surface area contributed by atoms with Gasteiger partial charge in [-0.1, -0.05) is 13.0 Å². The van der Waals surface area contributed by atoms with Crippen LogP contribution in [-0.4, -0.2) is 44.1 Å². The lowest BCUT2D eigenvalue weighted by molar-refractivity contribution is 0.0692. The van der Waals surface area contributed by atoms with Crippen molar-refractivity contribution in [2.75, 3.05) is 38.2 Å². The third-order valence-electron chi connectivity index (χ3n) is 4.38. The Labute approximate surface area is 120 Å². The zero-order valence-corrected chi connectivity index (χ0v) is 12.3. The number of fused-ring (bicyclic) bond motifs is 1. The van der Waals surface area contributed by atoms with Gasteiger partial charge in [-0.15, -0.1) is 0 Å². The van der Waals surface area contributed by atoms with Crippen LogP contribution in [0.3, 0.4) is 0 Å². The number of hydrogen-bond donors (Lipinski definition) is 0. The van der Waals surface area contributed by atoms with Crippen molar-refractivity contribution in [2.24, 2.45) is 5.92 Å². The highest BCUT2D eigenvalue weighted by Gasteiger charge is 2.27. The highest BCUT2D eigenvalue weighted by molar-refractivity contribution is 5.99. The van der Waals surface area contributed by atoms with Crippen LogP contribution in [0.4, 0.5) is 5.69 Å². The minimum atomic E-state index is 0.115. The molecule has 0 N–H and O–H groups in total. The topological polar surface area (TPSA) is 32.8 Å². The fraction of sp³-hybridized carbons (Fsp3) is 0.562. The molecule has 0 radical (unpaired) electrons. The normalized spacial score (nSPS) is 19.5. The standard InChI is InChI=1S/C16H22N2O2/c1-12-6-8-18(9-7-12)16(19)13-4-3-5-14-15(13)20-11-10-17(14)2/h3-5,12H,6-11H2,1-2H3. The van der Waals surface area contributed by atoms with Crippen LogP contribution >= 0.6 is 0 Å². The quantitative estimate of drug-likeness (QED) is 0.788. The maximum absolute atomic E-state index is 12.7. The Hall–Kier alpha value is -1.71. The molecule has 1 fully saturated rings. The predicted molar refractivity (Wildman–Crippen MR) is 79.5 cm³/mol. The summed E-state index contributed by atoms with van der Waals surface area (Å²) in [6.07, 6.45) is 2.20. The molecular formula is C16H22N2O2. The number of nitrogens with zero attached hydrogens (tertiary/aromatic N) is 2. The molecule has 20 heavy (non-hydrogen) atoms. The van der Waals surface area contributed by atoms with Gasteiger partial charge in [-0.05, 0) is 30.9 Å². The van der Waals surface area contributed by atoms with E-state index in [4.69, 9.17) is 4.74 Å². The molecule has 1 aromatic carbocycles. The van der Waals surface area contributed by atoms with Crippen molar-refractivity contribution in [1.29, 1.82) is 0 Å². The molecule has 108 valence electrons. The van der Waals surface area contributed by atoms with E-state index in [0.717, 1.165) is 49.8 Å². The Morgan fingerprint density at radius 2 is 2.00 bits per heavy atom. The number of anilines is 1. The number of carbonyl (C=O) groups excluding carboxylic acids is 1. The number of para-hydroxylation sites is 1. The average Bonchev–Trinajstić information content (AvgIpc) is 2.47. The zero-order chi connectivity index (χ0) is 14.1. The Morgan fingerprint density at radius 1 is 1.25 bits per heavy atom. The van der Waals surface area contributed by atoms with Crippen LogP contribution in [0.15, 0.2) is 18.2 Å². The summed E-state index contributed by atoms with van der Waals surface area (Å²) in [7, 11) is 2.04. The summed E-state index contributed by atoms with van der Waals surface area (Å²) in [4.78, 5) is 16.8. The SMILES string of the molecule is CC1CCN(C(=O)c2cccc3c2OCCN3C)CC1. The van der Waals surface area contributed by atoms with Crippen molar-refractivity contribution in [2.45, 2.75) is 19.8 Å². The monoisotopic (exact) mass is 274 g/mol. The van der Waals surface area contributed by atoms with E-state index < -0.39 is 0 Å². The Bertz CT molecular complexity index is 507. The lowest BCUT2D eigenvalue weighted by Crippen LogP contribution is -2.38. The minimum absolute atomic E-state index is 0.115. The molecule has 1 amide bonds. The first-order valence-electron chi connectivity index (χ1n) is 7.43. The maximum Gasteiger partial charge on any atom is 0.257 e. The molecular weight excluding hydrogens is 252 g/mol. The number of carbonyl (C=O) groups is 1. The van der Waals surface area contributed by atoms with Crippen LogP contribution in [0.1, 0.15) is 30.1 Å². The molecule has 0 unspecified atom stereocenters. The highest BCUT2D eigenvalue weighted by Crippen LogP contribution is 2.35. The lowest BCUT2D eigenvalue weighted by Gasteiger charge is -2.33. The molecule has 1 aromatic rings. The van der Waals surface area contributed by atoms with Crippen molar-refractivity contribution < 1.29 is 9.53 Å². The summed E-state index contributed by atoms with van der Waals surface area (Å²) in [5.74, 6) is 1.60. The Morgan fingerprint density at radius 3 is 2.75 bits per heavy atom. The van der Waals surface area contributed by atoms with Crippen molar-refractivity contribution in [1.82, 2.24) is 4.90 Å². The van der Waals surface area contributed by atoms with Gasteiger partial charge in [0.05, 0.1) is 17.8 Å². The van der Waals surface area contributed by atoms with E-state index in [1.807, 2.05) is 30.1 Å². The van der Waals surface area contributed by atoms with Gasteiger partial charge in [0.1, 0.15) is 6.61 Å². The van der Waals surface area contributed by atoms with Crippen LogP contribution in [0, 0.1) is 5.92 Å². The first-order valence-corrected chi connectivity index (χ1v) is 7.43. The number of hydrogen-bond acceptors (Lipinski definition) is 3. The van der Waals surface area contributed by atoms with Crippen LogP contribution in [0.25, 0.3) is 0 Å². The van der Waals surface area contributed by atoms with E-state index in [9.17, 15) is 4.79 Å². The lowest BCUT2D eigenvalue weighted by atomic mass is 9.98. The first kappa shape index (κ1) is 13.3. The summed E-state index contributed by atoms with van der Waals surface area (Å²) in [6.45, 7) is 5.49. The summed E-state index contributed by atoms with van der Waals surface area (Å²) < 4.78 is 5.77. The minimum Gasteiger partial charge on any atom is -0.489 e. The third kappa shape index (κ3) is 2.35. The smallest absolute Gasteiger partial charge is 0.257 e. The molecule has 1 saturated heterocycles. The summed E-state index contributed by atoms with van der Waals surface area (Å²) in [5, 5.41) is 0. The predicted octanol–water partition coefficient (Wildman–Crippen LogP) is 2.39. The number of amides is 1. The average molecular weight is 274 g/mol. The van der Waals surface area contributed by atoms with Crippen molar-refractivity contribution in [3.8, 4) is 5.75 Å². The molecule has 0 spiro atoms. The molecule has 0 atom stereocenters. The number of likely N-dealkylation sites (tertiary alicyclic amines) is 1. The molecule has 2 heterocycles. The molecule has 0 saturated carbocycles. The third-order valence-corrected chi connectivity index (χ3v) is 4.38. The summed E-state index contributed by atoms with van der Waals surface area (Å²) in [6, 6.07) is 5.85. The molecule has 3 rings (SSSR count). The number of rotatable bonds is 1. The number of piperidine rings is 1. The number of ether oxygens (including phenoxy) is 1. The fourth-order valence-electron chi connectivity index (χ4n) is 2.93. The van der Waals surface area contributed by atoms with E-state index in [1.54, 1.807) is 0 Å². The molecule has 2 aliphatic rings. The van der Waals surface area contributed by atoms with Gasteiger partial charge in [-0.2, -0.15) is 0 Å². The van der Waals surface area contributed by atoms with Gasteiger partial charge < -0.3 is 14.5 Å². The Balaban J connectivity index is 1.87. The van der Waals surface area contributed by atoms with E-state index >= 15 is 0 Å². The molecule has 4 heteroatoms. The van der Waals surface area contributed by atoms with E-state index in [0.29, 0.717) is 12.2 Å². The first-order chi connectivity index (χ1) is 9.66. The summed E-state index contributed by atoms with van der Waals surface area (Å²) in [5.41, 5.74) is 1.73. The summed E-state index contributed by atoms with van der Waals surface area (Å²) >= 11 is 0. The van der Waals surface area contributed by atoms with Gasteiger partial charge >= 0.3 is 0 Å². The number of benzene rings is 1. The van der Waals surface area contributed by atoms with Gasteiger partial charge in [0.15, 0.2) is 5.75 Å². The number of likely N-dealkylation sites (N-methyl/N-ethyl adjacent to an activating group) is 1. The van der Waals surface area contributed by atoms with E-state index in [2.05, 4.69) is 11.8 Å². The second kappa shape index (κ2) is 5.35. The second-order valence-electron chi connectivity index (χ2n) is 5.90. The molecule has 4 nitrogen and oxygen atoms in total. The van der Waals surface area contributed by atoms with Crippen LogP contribution in [0.2, 0.25) is 0 Å². The fourth-order valence-corrected chi connectivity index (χ4v) is 2.93. The highest BCUT2D eigenvalue weighted by atomic mass is 16.5. The van der Waals surface area contributed by atoms with Crippen LogP contribution < -0.4 is 9.64 Å². The molecule has 0 aliphatic carbocycles. The van der Waals surface area contributed by atoms with E-state index in [-0.39, 0.29) is 5.91 Å². The second-order valence-corrected chi connectivity index (χ2v) is 5.90. The molecule has 2 aliphatic heterocycles. The van der Waals surface area contributed by atoms with Gasteiger partial charge in [-0.3, -0.25) is 4.79 Å². The van der Waals surface area contributed by atoms with Crippen molar-refractivity contribution in [3.63, 3.8) is 0 Å². The van der Waals surface area contributed by atoms with E-state index in [1.165, 1.54) is 0 Å². The maximum atomic E-state index is 12.7. The van der Waals surface area contributed by atoms with Crippen LogP contribution in [-0.2, 0) is 0 Å². The van der Waals surface area contributed by atoms with Gasteiger partial charge in [0, 0.05) is 20.1 Å². The van der Waals surface area contributed by atoms with Gasteiger partial charge in [0.2, 0.25) is 0 Å². The Kier molecular flexibility index (Phi) is 3.55.